The van der Waals surface area contributed by atoms with E-state index in [-0.39, 0.29) is 0 Å². The van der Waals surface area contributed by atoms with Crippen LogP contribution in [-0.2, 0) is 0 Å². The molecule has 3 aromatic rings. The van der Waals surface area contributed by atoms with E-state index in [0.29, 0.717) is 6.54 Å². The molecule has 0 unspecified atom stereocenters. The molecular weight excluding hydrogens is 513 g/mol. The third-order valence-electron chi connectivity index (χ3n) is 4.93. The van der Waals surface area contributed by atoms with Gasteiger partial charge >= 0.3 is 160 Å². The fourth-order valence-corrected chi connectivity index (χ4v) is 22.9. The SMILES string of the molecule is N=[N+]=NCCC[CH2][Pb]([c]1ccccc1)([c]1ccccc1)[c]1ccccc1. The van der Waals surface area contributed by atoms with Gasteiger partial charge in [-0.25, -0.2) is 0 Å². The van der Waals surface area contributed by atoms with Gasteiger partial charge in [-0.15, -0.1) is 0 Å². The van der Waals surface area contributed by atoms with Gasteiger partial charge in [0, 0.05) is 0 Å². The van der Waals surface area contributed by atoms with Crippen LogP contribution in [0.5, 0.6) is 0 Å². The van der Waals surface area contributed by atoms with E-state index >= 15 is 0 Å². The summed E-state index contributed by atoms with van der Waals surface area (Å²) in [6, 6.07) is 33.3. The number of nitrogens with zero attached hydrogens (tertiary/aromatic N) is 2. The van der Waals surface area contributed by atoms with Crippen molar-refractivity contribution in [3.05, 3.63) is 91.0 Å². The van der Waals surface area contributed by atoms with Crippen LogP contribution in [0.4, 0.5) is 0 Å². The van der Waals surface area contributed by atoms with Crippen molar-refractivity contribution < 1.29 is 0 Å². The average Bonchev–Trinajstić information content (AvgIpc) is 2.73. The average molecular weight is 538 g/mol. The molecule has 4 heteroatoms. The molecule has 0 aliphatic heterocycles. The van der Waals surface area contributed by atoms with E-state index in [1.54, 1.807) is 0 Å². The fourth-order valence-electron chi connectivity index (χ4n) is 3.72. The Morgan fingerprint density at radius 2 is 1.08 bits per heavy atom. The van der Waals surface area contributed by atoms with Gasteiger partial charge in [-0.1, -0.05) is 0 Å². The summed E-state index contributed by atoms with van der Waals surface area (Å²) < 4.78 is 5.79. The minimum absolute atomic E-state index is 0.645. The van der Waals surface area contributed by atoms with Crippen LogP contribution in [0.1, 0.15) is 12.8 Å². The van der Waals surface area contributed by atoms with Crippen LogP contribution in [-0.4, -0.2) is 27.7 Å². The summed E-state index contributed by atoms with van der Waals surface area (Å²) in [6.45, 7) is 0.645. The molecule has 0 atom stereocenters. The Morgan fingerprint density at radius 3 is 1.46 bits per heavy atom. The van der Waals surface area contributed by atoms with Crippen LogP contribution in [0.15, 0.2) is 96.1 Å². The van der Waals surface area contributed by atoms with Crippen molar-refractivity contribution in [2.75, 3.05) is 6.54 Å². The van der Waals surface area contributed by atoms with E-state index in [0.717, 1.165) is 12.8 Å². The van der Waals surface area contributed by atoms with Crippen molar-refractivity contribution in [2.24, 2.45) is 5.11 Å². The molecule has 130 valence electrons. The summed E-state index contributed by atoms with van der Waals surface area (Å²) in [6.07, 6.45) is 2.09. The number of unbranched alkanes of at least 4 members (excludes halogenated alkanes) is 1. The number of benzene rings is 3. The predicted molar refractivity (Wildman–Crippen MR) is 110 cm³/mol. The van der Waals surface area contributed by atoms with Crippen molar-refractivity contribution in [1.29, 1.82) is 5.53 Å². The van der Waals surface area contributed by atoms with Gasteiger partial charge in [0.15, 0.2) is 0 Å². The maximum atomic E-state index is 6.84. The topological polar surface area (TPSA) is 50.3 Å². The molecular formula is C22H24N3Pb+. The van der Waals surface area contributed by atoms with Crippen molar-refractivity contribution in [3.8, 4) is 0 Å². The molecule has 0 fully saturated rings. The second-order valence-corrected chi connectivity index (χ2v) is 22.1. The van der Waals surface area contributed by atoms with E-state index in [1.807, 2.05) is 0 Å². The van der Waals surface area contributed by atoms with Crippen LogP contribution in [0.2, 0.25) is 3.98 Å². The van der Waals surface area contributed by atoms with Gasteiger partial charge in [0.1, 0.15) is 0 Å². The first-order valence-corrected chi connectivity index (χ1v) is 17.7. The zero-order valence-electron chi connectivity index (χ0n) is 14.9. The van der Waals surface area contributed by atoms with Gasteiger partial charge in [0.25, 0.3) is 0 Å². The fraction of sp³-hybridized carbons (Fsp3) is 0.182. The molecule has 1 N–H and O–H groups in total. The molecule has 0 aliphatic rings. The Bertz CT molecular complexity index is 748. The zero-order valence-corrected chi connectivity index (χ0v) is 18.8. The Labute approximate surface area is 160 Å². The van der Waals surface area contributed by atoms with Gasteiger partial charge in [-0.05, 0) is 0 Å². The molecule has 0 bridgehead atoms. The van der Waals surface area contributed by atoms with E-state index in [9.17, 15) is 0 Å². The predicted octanol–water partition coefficient (Wildman–Crippen LogP) is 3.49. The molecule has 0 heterocycles. The molecule has 0 aliphatic carbocycles. The Morgan fingerprint density at radius 1 is 0.654 bits per heavy atom. The number of nitrogens with one attached hydrogen (secondary N) is 1. The molecule has 0 spiro atoms. The van der Waals surface area contributed by atoms with E-state index < -0.39 is 21.2 Å². The molecule has 26 heavy (non-hydrogen) atoms. The first kappa shape index (κ1) is 18.7. The van der Waals surface area contributed by atoms with Gasteiger partial charge in [0.05, 0.1) is 0 Å². The first-order chi connectivity index (χ1) is 12.9. The van der Waals surface area contributed by atoms with E-state index in [2.05, 4.69) is 101 Å². The van der Waals surface area contributed by atoms with Crippen LogP contribution in [0.25, 0.3) is 0 Å². The zero-order chi connectivity index (χ0) is 18.1. The van der Waals surface area contributed by atoms with Crippen LogP contribution in [0.3, 0.4) is 0 Å². The second-order valence-electron chi connectivity index (χ2n) is 6.43. The summed E-state index contributed by atoms with van der Waals surface area (Å²) in [4.78, 5) is 3.14. The molecule has 0 radical (unpaired) electrons. The van der Waals surface area contributed by atoms with Gasteiger partial charge in [0.2, 0.25) is 0 Å². The monoisotopic (exact) mass is 538 g/mol. The van der Waals surface area contributed by atoms with Gasteiger partial charge < -0.3 is 0 Å². The van der Waals surface area contributed by atoms with Crippen LogP contribution < -0.4 is 14.3 Å². The number of rotatable bonds is 8. The summed E-state index contributed by atoms with van der Waals surface area (Å²) in [5, 5.41) is 3.83. The first-order valence-electron chi connectivity index (χ1n) is 9.08. The second kappa shape index (κ2) is 9.55. The van der Waals surface area contributed by atoms with Gasteiger partial charge in [-0.3, -0.25) is 0 Å². The number of hydrogen-bond donors (Lipinski definition) is 1. The summed E-state index contributed by atoms with van der Waals surface area (Å²) in [5.74, 6) is 0. The third-order valence-corrected chi connectivity index (χ3v) is 24.6. The molecule has 0 saturated heterocycles. The van der Waals surface area contributed by atoms with Gasteiger partial charge in [-0.2, -0.15) is 0 Å². The molecule has 0 saturated carbocycles. The normalized spacial score (nSPS) is 10.9. The molecule has 3 aromatic carbocycles. The molecule has 0 aromatic heterocycles. The van der Waals surface area contributed by atoms with E-state index in [1.165, 1.54) is 13.3 Å². The molecule has 3 rings (SSSR count). The van der Waals surface area contributed by atoms with Crippen molar-refractivity contribution in [3.63, 3.8) is 0 Å². The summed E-state index contributed by atoms with van der Waals surface area (Å²) in [7, 11) is 0. The van der Waals surface area contributed by atoms with Crippen molar-refractivity contribution in [1.82, 2.24) is 4.91 Å². The van der Waals surface area contributed by atoms with Crippen molar-refractivity contribution in [2.45, 2.75) is 16.8 Å². The Kier molecular flexibility index (Phi) is 6.86. The Balaban J connectivity index is 2.10. The third kappa shape index (κ3) is 4.17. The van der Waals surface area contributed by atoms with Crippen LogP contribution >= 0.6 is 0 Å². The minimum atomic E-state index is -3.25. The van der Waals surface area contributed by atoms with E-state index in [4.69, 9.17) is 5.53 Å². The summed E-state index contributed by atoms with van der Waals surface area (Å²) >= 11 is -3.25. The molecule has 3 nitrogen and oxygen atoms in total. The number of hydrogen-bond acceptors (Lipinski definition) is 2. The standard InChI is InChI=1S/3C6H5.C4H9N3.Pb/c3*1-2-4-6-5-3-1;1-2-3-4-6-7-5;/h3*1-5H;5H,1-4H2;/q;;;+1;. The summed E-state index contributed by atoms with van der Waals surface area (Å²) in [5.41, 5.74) is 6.84. The van der Waals surface area contributed by atoms with Crippen molar-refractivity contribution >= 4 is 30.5 Å². The van der Waals surface area contributed by atoms with Crippen LogP contribution in [0, 0.1) is 5.53 Å². The maximum absolute atomic E-state index is 6.84. The molecule has 0 amide bonds. The quantitative estimate of drug-likeness (QED) is 0.198. The Hall–Kier alpha value is -2.11.